The first kappa shape index (κ1) is 15.9. The van der Waals surface area contributed by atoms with Gasteiger partial charge in [0.05, 0.1) is 24.3 Å². The lowest BCUT2D eigenvalue weighted by molar-refractivity contribution is 0.0665. The van der Waals surface area contributed by atoms with Gasteiger partial charge in [0.2, 0.25) is 0 Å². The molecule has 0 saturated carbocycles. The SMILES string of the molecule is CC(C)OCC(N)c1noc(-c2cc(I)ccc2Br)n1. The number of nitrogens with two attached hydrogens (primary N) is 1. The normalized spacial score (nSPS) is 12.9. The third-order valence-corrected chi connectivity index (χ3v) is 3.90. The monoisotopic (exact) mass is 451 g/mol. The summed E-state index contributed by atoms with van der Waals surface area (Å²) in [6.07, 6.45) is 0.122. The molecular formula is C13H15BrIN3O2. The van der Waals surface area contributed by atoms with Crippen LogP contribution in [0.2, 0.25) is 0 Å². The Morgan fingerprint density at radius 3 is 2.90 bits per heavy atom. The van der Waals surface area contributed by atoms with E-state index in [0.29, 0.717) is 18.3 Å². The van der Waals surface area contributed by atoms with Crippen LogP contribution in [0.25, 0.3) is 11.5 Å². The Balaban J connectivity index is 2.18. The standard InChI is InChI=1S/C13H15BrIN3O2/c1-7(2)19-6-11(16)12-17-13(20-18-12)9-5-8(15)3-4-10(9)14/h3-5,7,11H,6,16H2,1-2H3. The van der Waals surface area contributed by atoms with E-state index in [2.05, 4.69) is 48.7 Å². The van der Waals surface area contributed by atoms with Crippen LogP contribution in [0.3, 0.4) is 0 Å². The fraction of sp³-hybridized carbons (Fsp3) is 0.385. The Hall–Kier alpha value is -0.510. The predicted molar refractivity (Wildman–Crippen MR) is 88.2 cm³/mol. The first-order valence-corrected chi connectivity index (χ1v) is 8.00. The molecule has 7 heteroatoms. The van der Waals surface area contributed by atoms with Crippen molar-refractivity contribution in [3.8, 4) is 11.5 Å². The van der Waals surface area contributed by atoms with Crippen LogP contribution in [-0.2, 0) is 4.74 Å². The zero-order valence-corrected chi connectivity index (χ0v) is 14.9. The smallest absolute Gasteiger partial charge is 0.259 e. The van der Waals surface area contributed by atoms with Crippen molar-refractivity contribution in [1.29, 1.82) is 0 Å². The highest BCUT2D eigenvalue weighted by atomic mass is 127. The molecule has 2 rings (SSSR count). The molecule has 0 aliphatic heterocycles. The van der Waals surface area contributed by atoms with Gasteiger partial charge in [-0.25, -0.2) is 0 Å². The quantitative estimate of drug-likeness (QED) is 0.704. The Morgan fingerprint density at radius 1 is 1.45 bits per heavy atom. The molecule has 1 unspecified atom stereocenters. The Morgan fingerprint density at radius 2 is 2.20 bits per heavy atom. The Labute approximate surface area is 139 Å². The highest BCUT2D eigenvalue weighted by molar-refractivity contribution is 14.1. The molecule has 1 aromatic carbocycles. The highest BCUT2D eigenvalue weighted by Crippen LogP contribution is 2.29. The van der Waals surface area contributed by atoms with E-state index in [-0.39, 0.29) is 6.10 Å². The molecule has 1 aromatic heterocycles. The van der Waals surface area contributed by atoms with Gasteiger partial charge in [-0.05, 0) is 70.6 Å². The van der Waals surface area contributed by atoms with Crippen molar-refractivity contribution in [2.75, 3.05) is 6.61 Å². The Kier molecular flexibility index (Phi) is 5.53. The molecule has 0 radical (unpaired) electrons. The average molecular weight is 452 g/mol. The lowest BCUT2D eigenvalue weighted by Gasteiger charge is -2.10. The molecular weight excluding hydrogens is 437 g/mol. The van der Waals surface area contributed by atoms with Crippen LogP contribution in [0.1, 0.15) is 25.7 Å². The van der Waals surface area contributed by atoms with Crippen molar-refractivity contribution in [3.63, 3.8) is 0 Å². The van der Waals surface area contributed by atoms with Crippen molar-refractivity contribution in [3.05, 3.63) is 32.1 Å². The summed E-state index contributed by atoms with van der Waals surface area (Å²) < 4.78 is 12.7. The second kappa shape index (κ2) is 6.97. The molecule has 1 heterocycles. The van der Waals surface area contributed by atoms with E-state index in [4.69, 9.17) is 15.0 Å². The maximum atomic E-state index is 5.98. The van der Waals surface area contributed by atoms with Gasteiger partial charge in [-0.1, -0.05) is 5.16 Å². The molecule has 0 spiro atoms. The minimum absolute atomic E-state index is 0.122. The van der Waals surface area contributed by atoms with E-state index in [0.717, 1.165) is 13.6 Å². The summed E-state index contributed by atoms with van der Waals surface area (Å²) in [6.45, 7) is 4.28. The maximum absolute atomic E-state index is 5.98. The van der Waals surface area contributed by atoms with E-state index in [1.165, 1.54) is 0 Å². The maximum Gasteiger partial charge on any atom is 0.259 e. The molecule has 1 atom stereocenters. The number of hydrogen-bond acceptors (Lipinski definition) is 5. The number of hydrogen-bond donors (Lipinski definition) is 1. The largest absolute Gasteiger partial charge is 0.377 e. The zero-order chi connectivity index (χ0) is 14.7. The fourth-order valence-electron chi connectivity index (χ4n) is 1.53. The van der Waals surface area contributed by atoms with Gasteiger partial charge in [-0.3, -0.25) is 0 Å². The van der Waals surface area contributed by atoms with Crippen LogP contribution in [0.4, 0.5) is 0 Å². The molecule has 0 aliphatic rings. The lowest BCUT2D eigenvalue weighted by atomic mass is 10.2. The van der Waals surface area contributed by atoms with Gasteiger partial charge < -0.3 is 15.0 Å². The van der Waals surface area contributed by atoms with Gasteiger partial charge in [0.1, 0.15) is 0 Å². The average Bonchev–Trinajstić information content (AvgIpc) is 2.88. The van der Waals surface area contributed by atoms with Gasteiger partial charge in [-0.2, -0.15) is 4.98 Å². The summed E-state index contributed by atoms with van der Waals surface area (Å²) in [5, 5.41) is 3.93. The van der Waals surface area contributed by atoms with E-state index >= 15 is 0 Å². The van der Waals surface area contributed by atoms with E-state index < -0.39 is 6.04 Å². The number of aromatic nitrogens is 2. The minimum atomic E-state index is -0.392. The fourth-order valence-corrected chi connectivity index (χ4v) is 2.43. The van der Waals surface area contributed by atoms with Crippen LogP contribution in [0.15, 0.2) is 27.2 Å². The number of benzene rings is 1. The number of halogens is 2. The summed E-state index contributed by atoms with van der Waals surface area (Å²) in [5.41, 5.74) is 6.83. The summed E-state index contributed by atoms with van der Waals surface area (Å²) in [7, 11) is 0. The topological polar surface area (TPSA) is 74.2 Å². The van der Waals surface area contributed by atoms with Gasteiger partial charge in [0.15, 0.2) is 5.82 Å². The molecule has 2 N–H and O–H groups in total. The van der Waals surface area contributed by atoms with Gasteiger partial charge >= 0.3 is 0 Å². The van der Waals surface area contributed by atoms with Crippen LogP contribution in [0.5, 0.6) is 0 Å². The van der Waals surface area contributed by atoms with Crippen LogP contribution in [-0.4, -0.2) is 22.9 Å². The molecule has 0 aliphatic carbocycles. The third kappa shape index (κ3) is 4.00. The van der Waals surface area contributed by atoms with E-state index in [1.54, 1.807) is 0 Å². The van der Waals surface area contributed by atoms with Crippen molar-refractivity contribution < 1.29 is 9.26 Å². The van der Waals surface area contributed by atoms with Crippen LogP contribution < -0.4 is 5.73 Å². The van der Waals surface area contributed by atoms with Crippen LogP contribution in [0, 0.1) is 3.57 Å². The summed E-state index contributed by atoms with van der Waals surface area (Å²) >= 11 is 5.71. The summed E-state index contributed by atoms with van der Waals surface area (Å²) in [5.74, 6) is 0.900. The van der Waals surface area contributed by atoms with Crippen molar-refractivity contribution >= 4 is 38.5 Å². The summed E-state index contributed by atoms with van der Waals surface area (Å²) in [4.78, 5) is 4.34. The van der Waals surface area contributed by atoms with Crippen molar-refractivity contribution in [2.45, 2.75) is 26.0 Å². The van der Waals surface area contributed by atoms with Crippen molar-refractivity contribution in [2.24, 2.45) is 5.73 Å². The van der Waals surface area contributed by atoms with Gasteiger partial charge in [-0.15, -0.1) is 0 Å². The van der Waals surface area contributed by atoms with E-state index in [9.17, 15) is 0 Å². The molecule has 20 heavy (non-hydrogen) atoms. The first-order chi connectivity index (χ1) is 9.47. The Bertz CT molecular complexity index is 589. The highest BCUT2D eigenvalue weighted by Gasteiger charge is 2.17. The number of nitrogens with zero attached hydrogens (tertiary/aromatic N) is 2. The zero-order valence-electron chi connectivity index (χ0n) is 11.1. The van der Waals surface area contributed by atoms with Crippen LogP contribution >= 0.6 is 38.5 Å². The molecule has 0 saturated heterocycles. The molecule has 108 valence electrons. The number of ether oxygens (including phenoxy) is 1. The lowest BCUT2D eigenvalue weighted by Crippen LogP contribution is -2.20. The second-order valence-corrected chi connectivity index (χ2v) is 6.67. The minimum Gasteiger partial charge on any atom is -0.377 e. The molecule has 0 fully saturated rings. The van der Waals surface area contributed by atoms with E-state index in [1.807, 2.05) is 32.0 Å². The number of rotatable bonds is 5. The van der Waals surface area contributed by atoms with Gasteiger partial charge in [0.25, 0.3) is 5.89 Å². The summed E-state index contributed by atoms with van der Waals surface area (Å²) in [6, 6.07) is 5.52. The molecule has 0 bridgehead atoms. The first-order valence-electron chi connectivity index (χ1n) is 6.13. The predicted octanol–water partition coefficient (Wildman–Crippen LogP) is 3.53. The van der Waals surface area contributed by atoms with Crippen molar-refractivity contribution in [1.82, 2.24) is 10.1 Å². The third-order valence-electron chi connectivity index (χ3n) is 2.54. The van der Waals surface area contributed by atoms with Gasteiger partial charge in [0, 0.05) is 8.04 Å². The second-order valence-electron chi connectivity index (χ2n) is 4.57. The molecule has 5 nitrogen and oxygen atoms in total. The molecule has 0 amide bonds. The molecule has 2 aromatic rings.